The lowest BCUT2D eigenvalue weighted by Crippen LogP contribution is -1.88. The number of nitrogens with zero attached hydrogens (tertiary/aromatic N) is 2. The second-order valence-corrected chi connectivity index (χ2v) is 17.3. The van der Waals surface area contributed by atoms with Gasteiger partial charge in [-0.15, -0.1) is 45.3 Å². The maximum absolute atomic E-state index is 4.74. The molecule has 2 nitrogen and oxygen atoms in total. The predicted molar refractivity (Wildman–Crippen MR) is 215 cm³/mol. The third-order valence-corrected chi connectivity index (χ3v) is 13.9. The van der Waals surface area contributed by atoms with Gasteiger partial charge in [0.25, 0.3) is 0 Å². The van der Waals surface area contributed by atoms with Gasteiger partial charge in [0.1, 0.15) is 0 Å². The Morgan fingerprint density at radius 2 is 0.771 bits per heavy atom. The molecule has 6 heterocycles. The topological polar surface area (TPSA) is 25.8 Å². The number of thiophene rings is 4. The van der Waals surface area contributed by atoms with Crippen molar-refractivity contribution in [1.29, 1.82) is 0 Å². The van der Waals surface area contributed by atoms with Gasteiger partial charge in [0, 0.05) is 51.4 Å². The lowest BCUT2D eigenvalue weighted by atomic mass is 10.1. The van der Waals surface area contributed by atoms with E-state index in [9.17, 15) is 0 Å². The van der Waals surface area contributed by atoms with Gasteiger partial charge in [-0.3, -0.25) is 9.97 Å². The highest BCUT2D eigenvalue weighted by Gasteiger charge is 2.12. The number of unbranched alkanes of at least 4 members (excludes halogenated alkanes) is 10. The van der Waals surface area contributed by atoms with Gasteiger partial charge < -0.3 is 0 Å². The zero-order chi connectivity index (χ0) is 33.0. The first-order chi connectivity index (χ1) is 23.7. The van der Waals surface area contributed by atoms with Gasteiger partial charge in [-0.1, -0.05) is 78.1 Å². The van der Waals surface area contributed by atoms with E-state index in [4.69, 9.17) is 9.97 Å². The summed E-state index contributed by atoms with van der Waals surface area (Å²) in [5.74, 6) is 0. The minimum Gasteiger partial charge on any atom is -0.255 e. The van der Waals surface area contributed by atoms with E-state index < -0.39 is 0 Å². The van der Waals surface area contributed by atoms with Crippen LogP contribution in [0.3, 0.4) is 0 Å². The molecule has 0 atom stereocenters. The summed E-state index contributed by atoms with van der Waals surface area (Å²) >= 11 is 7.66. The zero-order valence-corrected chi connectivity index (χ0v) is 31.8. The van der Waals surface area contributed by atoms with Gasteiger partial charge in [0.05, 0.1) is 11.4 Å². The molecule has 0 amide bonds. The van der Waals surface area contributed by atoms with Crippen LogP contribution in [0, 0.1) is 0 Å². The van der Waals surface area contributed by atoms with Crippen molar-refractivity contribution in [2.75, 3.05) is 0 Å². The van der Waals surface area contributed by atoms with E-state index >= 15 is 0 Å². The highest BCUT2D eigenvalue weighted by molar-refractivity contribution is 7.24. The SMILES string of the molecule is CCCCCCCCc1ccc(-c2ccc(-c3ccnc(-c4cc(-c5ccc(-c6ccc(CCCCCCCC)s6)s5)ccn4)c3)s2)s1. The molecule has 6 aromatic heterocycles. The molecule has 0 N–H and O–H groups in total. The van der Waals surface area contributed by atoms with Gasteiger partial charge in [-0.05, 0) is 110 Å². The molecule has 0 bridgehead atoms. The maximum atomic E-state index is 4.74. The first-order valence-corrected chi connectivity index (χ1v) is 21.3. The van der Waals surface area contributed by atoms with Gasteiger partial charge in [-0.25, -0.2) is 0 Å². The van der Waals surface area contributed by atoms with Crippen LogP contribution in [0.1, 0.15) is 101 Å². The standard InChI is InChI=1S/C42H48N2S4/c1-3-5-7-9-11-13-15-33-17-19-39(45-33)41-23-21-37(47-41)31-25-27-43-35(29-31)36-30-32(26-28-44-36)38-22-24-42(48-38)40-20-18-34(46-40)16-14-12-10-8-6-4-2/h17-30H,3-16H2,1-2H3. The summed E-state index contributed by atoms with van der Waals surface area (Å²) in [6.45, 7) is 4.57. The first-order valence-electron chi connectivity index (χ1n) is 18.0. The highest BCUT2D eigenvalue weighted by atomic mass is 32.1. The monoisotopic (exact) mass is 708 g/mol. The Hall–Kier alpha value is -2.90. The predicted octanol–water partition coefficient (Wildman–Crippen LogP) is 14.9. The molecule has 0 aliphatic carbocycles. The fraction of sp³-hybridized carbons (Fsp3) is 0.381. The Morgan fingerprint density at radius 1 is 0.396 bits per heavy atom. The van der Waals surface area contributed by atoms with Gasteiger partial charge in [-0.2, -0.15) is 0 Å². The van der Waals surface area contributed by atoms with E-state index in [1.54, 1.807) is 0 Å². The molecule has 250 valence electrons. The molecule has 0 spiro atoms. The number of hydrogen-bond donors (Lipinski definition) is 0. The lowest BCUT2D eigenvalue weighted by Gasteiger charge is -2.05. The second kappa shape index (κ2) is 18.2. The minimum atomic E-state index is 0.913. The van der Waals surface area contributed by atoms with E-state index in [-0.39, 0.29) is 0 Å². The third-order valence-electron chi connectivity index (χ3n) is 8.93. The number of aryl methyl sites for hydroxylation is 2. The van der Waals surface area contributed by atoms with E-state index in [1.807, 2.05) is 57.7 Å². The Kier molecular flexibility index (Phi) is 13.2. The van der Waals surface area contributed by atoms with Crippen molar-refractivity contribution in [3.05, 3.63) is 94.9 Å². The average molecular weight is 709 g/mol. The Balaban J connectivity index is 1.08. The molecule has 0 fully saturated rings. The molecule has 0 unspecified atom stereocenters. The lowest BCUT2D eigenvalue weighted by molar-refractivity contribution is 0.609. The number of pyridine rings is 2. The molecule has 0 radical (unpaired) electrons. The van der Waals surface area contributed by atoms with Crippen LogP contribution in [-0.4, -0.2) is 9.97 Å². The van der Waals surface area contributed by atoms with Crippen LogP contribution in [-0.2, 0) is 12.8 Å². The van der Waals surface area contributed by atoms with Crippen LogP contribution in [0.4, 0.5) is 0 Å². The summed E-state index contributed by atoms with van der Waals surface area (Å²) in [4.78, 5) is 20.5. The largest absolute Gasteiger partial charge is 0.255 e. The molecule has 0 saturated heterocycles. The Bertz CT molecular complexity index is 1700. The highest BCUT2D eigenvalue weighted by Crippen LogP contribution is 2.40. The van der Waals surface area contributed by atoms with E-state index in [0.717, 1.165) is 11.4 Å². The smallest absolute Gasteiger partial charge is 0.0892 e. The zero-order valence-electron chi connectivity index (χ0n) is 28.5. The van der Waals surface area contributed by atoms with Crippen molar-refractivity contribution in [3.8, 4) is 51.8 Å². The molecule has 0 aliphatic heterocycles. The van der Waals surface area contributed by atoms with Crippen LogP contribution in [0.2, 0.25) is 0 Å². The van der Waals surface area contributed by atoms with Crippen molar-refractivity contribution in [1.82, 2.24) is 9.97 Å². The van der Waals surface area contributed by atoms with Crippen LogP contribution in [0.5, 0.6) is 0 Å². The maximum Gasteiger partial charge on any atom is 0.0892 e. The quantitative estimate of drug-likeness (QED) is 0.0783. The Labute approximate surface area is 304 Å². The summed E-state index contributed by atoms with van der Waals surface area (Å²) in [5.41, 5.74) is 4.22. The fourth-order valence-corrected chi connectivity index (χ4v) is 10.4. The van der Waals surface area contributed by atoms with Gasteiger partial charge in [0.15, 0.2) is 0 Å². The van der Waals surface area contributed by atoms with Crippen molar-refractivity contribution >= 4 is 45.3 Å². The molecule has 48 heavy (non-hydrogen) atoms. The van der Waals surface area contributed by atoms with E-state index in [1.165, 1.54) is 140 Å². The molecule has 0 aromatic carbocycles. The summed E-state index contributed by atoms with van der Waals surface area (Å²) < 4.78 is 0. The van der Waals surface area contributed by atoms with E-state index in [0.29, 0.717) is 0 Å². The van der Waals surface area contributed by atoms with Crippen LogP contribution >= 0.6 is 45.3 Å². The number of hydrogen-bond acceptors (Lipinski definition) is 6. The average Bonchev–Trinajstić information content (AvgIpc) is 3.95. The van der Waals surface area contributed by atoms with Crippen molar-refractivity contribution < 1.29 is 0 Å². The van der Waals surface area contributed by atoms with E-state index in [2.05, 4.69) is 86.6 Å². The minimum absolute atomic E-state index is 0.913. The summed E-state index contributed by atoms with van der Waals surface area (Å²) in [6, 6.07) is 27.0. The van der Waals surface area contributed by atoms with Gasteiger partial charge >= 0.3 is 0 Å². The second-order valence-electron chi connectivity index (χ2n) is 12.8. The van der Waals surface area contributed by atoms with Gasteiger partial charge in [0.2, 0.25) is 0 Å². The van der Waals surface area contributed by atoms with Crippen molar-refractivity contribution in [3.63, 3.8) is 0 Å². The number of aromatic nitrogens is 2. The summed E-state index contributed by atoms with van der Waals surface area (Å²) in [6.07, 6.45) is 22.4. The first kappa shape index (κ1) is 34.9. The normalized spacial score (nSPS) is 11.5. The molecule has 6 rings (SSSR count). The molecule has 6 aromatic rings. The van der Waals surface area contributed by atoms with Crippen LogP contribution in [0.15, 0.2) is 85.2 Å². The molecule has 0 saturated carbocycles. The van der Waals surface area contributed by atoms with Crippen molar-refractivity contribution in [2.24, 2.45) is 0 Å². The Morgan fingerprint density at radius 3 is 1.23 bits per heavy atom. The summed E-state index contributed by atoms with van der Waals surface area (Å²) in [7, 11) is 0. The number of rotatable bonds is 19. The molecule has 0 aliphatic rings. The molecular weight excluding hydrogens is 661 g/mol. The molecular formula is C42H48N2S4. The van der Waals surface area contributed by atoms with Crippen LogP contribution < -0.4 is 0 Å². The molecule has 6 heteroatoms. The third kappa shape index (κ3) is 9.62. The van der Waals surface area contributed by atoms with Crippen LogP contribution in [0.25, 0.3) is 51.8 Å². The summed E-state index contributed by atoms with van der Waals surface area (Å²) in [5, 5.41) is 0. The fourth-order valence-electron chi connectivity index (χ4n) is 6.15. The van der Waals surface area contributed by atoms with Crippen molar-refractivity contribution in [2.45, 2.75) is 104 Å².